The van der Waals surface area contributed by atoms with E-state index in [1.165, 1.54) is 23.0 Å². The lowest BCUT2D eigenvalue weighted by Gasteiger charge is -2.12. The third kappa shape index (κ3) is 4.16. The number of rotatable bonds is 6. The molecule has 0 aliphatic heterocycles. The normalized spacial score (nSPS) is 11.6. The van der Waals surface area contributed by atoms with E-state index >= 15 is 0 Å². The second kappa shape index (κ2) is 8.19. The molecule has 0 saturated carbocycles. The molecule has 2 aromatic heterocycles. The molecular weight excluding hydrogens is 415 g/mol. The zero-order valence-corrected chi connectivity index (χ0v) is 16.2. The van der Waals surface area contributed by atoms with Gasteiger partial charge in [0.1, 0.15) is 0 Å². The number of hydrogen-bond acceptors (Lipinski definition) is 5. The van der Waals surface area contributed by atoms with Crippen LogP contribution in [0.4, 0.5) is 13.2 Å². The summed E-state index contributed by atoms with van der Waals surface area (Å²) in [6.07, 6.45) is -3.06. The maximum Gasteiger partial charge on any atom is 0.416 e. The predicted octanol–water partition coefficient (Wildman–Crippen LogP) is 5.52. The summed E-state index contributed by atoms with van der Waals surface area (Å²) in [6, 6.07) is 16.9. The van der Waals surface area contributed by atoms with Gasteiger partial charge < -0.3 is 4.42 Å². The zero-order valence-electron chi connectivity index (χ0n) is 15.3. The summed E-state index contributed by atoms with van der Waals surface area (Å²) in [6.45, 7) is 0. The molecular formula is C21H14F3N3O2S. The fourth-order valence-electron chi connectivity index (χ4n) is 2.82. The van der Waals surface area contributed by atoms with E-state index in [4.69, 9.17) is 4.42 Å². The molecule has 0 unspecified atom stereocenters. The molecule has 152 valence electrons. The standard InChI is InChI=1S/C21H14F3N3O2S/c22-21(23,24)15-8-4-9-16(12-15)27-19(18-10-5-11-29-18)25-26-20(27)30-13-17(28)14-6-2-1-3-7-14/h1-12H,13H2. The number of aromatic nitrogens is 3. The smallest absolute Gasteiger partial charge is 0.416 e. The van der Waals surface area contributed by atoms with E-state index in [1.807, 2.05) is 6.07 Å². The van der Waals surface area contributed by atoms with Gasteiger partial charge in [-0.15, -0.1) is 10.2 Å². The number of thioether (sulfide) groups is 1. The highest BCUT2D eigenvalue weighted by Gasteiger charge is 2.31. The number of carbonyl (C=O) groups excluding carboxylic acids is 1. The van der Waals surface area contributed by atoms with E-state index in [2.05, 4.69) is 10.2 Å². The number of furan rings is 1. The first kappa shape index (κ1) is 20.0. The average Bonchev–Trinajstić information content (AvgIpc) is 3.42. The van der Waals surface area contributed by atoms with Crippen molar-refractivity contribution < 1.29 is 22.4 Å². The van der Waals surface area contributed by atoms with Crippen molar-refractivity contribution >= 4 is 17.5 Å². The first-order valence-electron chi connectivity index (χ1n) is 8.81. The largest absolute Gasteiger partial charge is 0.461 e. The van der Waals surface area contributed by atoms with Gasteiger partial charge in [-0.3, -0.25) is 9.36 Å². The van der Waals surface area contributed by atoms with Crippen LogP contribution in [0.15, 0.2) is 82.6 Å². The summed E-state index contributed by atoms with van der Waals surface area (Å²) in [5.41, 5.74) is -0.0346. The maximum absolute atomic E-state index is 13.2. The Balaban J connectivity index is 1.71. The third-order valence-corrected chi connectivity index (χ3v) is 5.16. The molecule has 4 rings (SSSR count). The van der Waals surface area contributed by atoms with E-state index in [-0.39, 0.29) is 28.2 Å². The van der Waals surface area contributed by atoms with Crippen molar-refractivity contribution in [3.05, 3.63) is 84.1 Å². The molecule has 2 aromatic carbocycles. The molecule has 0 aliphatic carbocycles. The van der Waals surface area contributed by atoms with Crippen LogP contribution in [0, 0.1) is 0 Å². The highest BCUT2D eigenvalue weighted by Crippen LogP contribution is 2.33. The van der Waals surface area contributed by atoms with E-state index in [0.717, 1.165) is 23.9 Å². The molecule has 0 aliphatic rings. The molecule has 4 aromatic rings. The predicted molar refractivity (Wildman–Crippen MR) is 106 cm³/mol. The van der Waals surface area contributed by atoms with Crippen LogP contribution in [-0.4, -0.2) is 26.3 Å². The second-order valence-electron chi connectivity index (χ2n) is 6.24. The highest BCUT2D eigenvalue weighted by atomic mass is 32.2. The molecule has 0 bridgehead atoms. The summed E-state index contributed by atoms with van der Waals surface area (Å²) < 4.78 is 46.5. The zero-order chi connectivity index (χ0) is 21.1. The van der Waals surface area contributed by atoms with Gasteiger partial charge >= 0.3 is 6.18 Å². The van der Waals surface area contributed by atoms with Gasteiger partial charge in [0.2, 0.25) is 5.82 Å². The van der Waals surface area contributed by atoms with Crippen LogP contribution in [0.2, 0.25) is 0 Å². The van der Waals surface area contributed by atoms with Gasteiger partial charge in [0.15, 0.2) is 16.7 Å². The number of ketones is 1. The van der Waals surface area contributed by atoms with Crippen molar-refractivity contribution in [1.29, 1.82) is 0 Å². The van der Waals surface area contributed by atoms with Crippen molar-refractivity contribution in [2.75, 3.05) is 5.75 Å². The number of Topliss-reactive ketones (excluding diaryl/α,β-unsaturated/α-hetero) is 1. The summed E-state index contributed by atoms with van der Waals surface area (Å²) in [4.78, 5) is 12.4. The lowest BCUT2D eigenvalue weighted by molar-refractivity contribution is -0.137. The highest BCUT2D eigenvalue weighted by molar-refractivity contribution is 7.99. The van der Waals surface area contributed by atoms with Crippen LogP contribution in [0.1, 0.15) is 15.9 Å². The molecule has 0 N–H and O–H groups in total. The van der Waals surface area contributed by atoms with E-state index in [1.54, 1.807) is 36.4 Å². The SMILES string of the molecule is O=C(CSc1nnc(-c2ccco2)n1-c1cccc(C(F)(F)F)c1)c1ccccc1. The molecule has 0 fully saturated rings. The monoisotopic (exact) mass is 429 g/mol. The number of benzene rings is 2. The fourth-order valence-corrected chi connectivity index (χ4v) is 3.67. The third-order valence-electron chi connectivity index (χ3n) is 4.23. The van der Waals surface area contributed by atoms with Crippen molar-refractivity contribution in [3.63, 3.8) is 0 Å². The summed E-state index contributed by atoms with van der Waals surface area (Å²) in [5.74, 6) is 0.521. The Morgan fingerprint density at radius 1 is 1.00 bits per heavy atom. The lowest BCUT2D eigenvalue weighted by Crippen LogP contribution is -2.08. The van der Waals surface area contributed by atoms with Gasteiger partial charge in [-0.05, 0) is 30.3 Å². The topological polar surface area (TPSA) is 60.9 Å². The summed E-state index contributed by atoms with van der Waals surface area (Å²) in [5, 5.41) is 8.45. The second-order valence-corrected chi connectivity index (χ2v) is 7.19. The van der Waals surface area contributed by atoms with E-state index < -0.39 is 11.7 Å². The minimum Gasteiger partial charge on any atom is -0.461 e. The number of halogens is 3. The molecule has 0 atom stereocenters. The Morgan fingerprint density at radius 3 is 2.50 bits per heavy atom. The van der Waals surface area contributed by atoms with Crippen molar-refractivity contribution in [3.8, 4) is 17.3 Å². The first-order chi connectivity index (χ1) is 14.4. The Bertz CT molecular complexity index is 1160. The molecule has 0 amide bonds. The van der Waals surface area contributed by atoms with E-state index in [9.17, 15) is 18.0 Å². The fraction of sp³-hybridized carbons (Fsp3) is 0.0952. The number of nitrogens with zero attached hydrogens (tertiary/aromatic N) is 3. The van der Waals surface area contributed by atoms with Crippen LogP contribution in [-0.2, 0) is 6.18 Å². The van der Waals surface area contributed by atoms with Crippen molar-refractivity contribution in [2.45, 2.75) is 11.3 Å². The van der Waals surface area contributed by atoms with Crippen molar-refractivity contribution in [2.24, 2.45) is 0 Å². The van der Waals surface area contributed by atoms with Gasteiger partial charge in [-0.25, -0.2) is 0 Å². The van der Waals surface area contributed by atoms with Crippen molar-refractivity contribution in [1.82, 2.24) is 14.8 Å². The Labute approximate surface area is 173 Å². The van der Waals surface area contributed by atoms with Crippen LogP contribution in [0.5, 0.6) is 0 Å². The molecule has 30 heavy (non-hydrogen) atoms. The molecule has 0 spiro atoms. The average molecular weight is 429 g/mol. The van der Waals surface area contributed by atoms with Crippen LogP contribution >= 0.6 is 11.8 Å². The van der Waals surface area contributed by atoms with Crippen LogP contribution in [0.25, 0.3) is 17.3 Å². The number of hydrogen-bond donors (Lipinski definition) is 0. The number of alkyl halides is 3. The minimum atomic E-state index is -4.49. The van der Waals surface area contributed by atoms with Gasteiger partial charge in [0, 0.05) is 5.56 Å². The van der Waals surface area contributed by atoms with Gasteiger partial charge in [-0.1, -0.05) is 48.2 Å². The van der Waals surface area contributed by atoms with Gasteiger partial charge in [0.25, 0.3) is 0 Å². The lowest BCUT2D eigenvalue weighted by atomic mass is 10.2. The number of carbonyl (C=O) groups is 1. The summed E-state index contributed by atoms with van der Waals surface area (Å²) in [7, 11) is 0. The van der Waals surface area contributed by atoms with Gasteiger partial charge in [-0.2, -0.15) is 13.2 Å². The molecule has 0 radical (unpaired) electrons. The Morgan fingerprint density at radius 2 is 1.80 bits per heavy atom. The van der Waals surface area contributed by atoms with Crippen LogP contribution in [0.3, 0.4) is 0 Å². The molecule has 5 nitrogen and oxygen atoms in total. The molecule has 9 heteroatoms. The maximum atomic E-state index is 13.2. The Kier molecular flexibility index (Phi) is 5.45. The van der Waals surface area contributed by atoms with E-state index in [0.29, 0.717) is 11.3 Å². The van der Waals surface area contributed by atoms with Gasteiger partial charge in [0.05, 0.1) is 23.3 Å². The first-order valence-corrected chi connectivity index (χ1v) is 9.80. The van der Waals surface area contributed by atoms with Crippen LogP contribution < -0.4 is 0 Å². The summed E-state index contributed by atoms with van der Waals surface area (Å²) >= 11 is 1.09. The Hall–Kier alpha value is -3.33. The molecule has 0 saturated heterocycles. The minimum absolute atomic E-state index is 0.0548. The quantitative estimate of drug-likeness (QED) is 0.298. The molecule has 2 heterocycles.